The van der Waals surface area contributed by atoms with Crippen molar-refractivity contribution in [2.45, 2.75) is 25.9 Å². The molecule has 2 aromatic rings. The number of halogens is 2. The molecule has 1 heterocycles. The molecule has 0 radical (unpaired) electrons. The van der Waals surface area contributed by atoms with E-state index in [1.54, 1.807) is 11.8 Å². The van der Waals surface area contributed by atoms with Crippen LogP contribution in [0.4, 0.5) is 13.6 Å². The molecular weight excluding hydrogens is 298 g/mol. The summed E-state index contributed by atoms with van der Waals surface area (Å²) in [6, 6.07) is 11.1. The van der Waals surface area contributed by atoms with Crippen LogP contribution in [-0.4, -0.2) is 17.5 Å². The molecule has 0 spiro atoms. The summed E-state index contributed by atoms with van der Waals surface area (Å²) in [5, 5.41) is 2.84. The highest BCUT2D eigenvalue weighted by atomic mass is 19.2. The maximum atomic E-state index is 13.3. The van der Waals surface area contributed by atoms with Crippen LogP contribution in [0.1, 0.15) is 29.7 Å². The Kier molecular flexibility index (Phi) is 4.28. The van der Waals surface area contributed by atoms with E-state index < -0.39 is 17.7 Å². The average molecular weight is 316 g/mol. The maximum absolute atomic E-state index is 13.3. The van der Waals surface area contributed by atoms with Gasteiger partial charge in [-0.2, -0.15) is 0 Å². The Labute approximate surface area is 133 Å². The van der Waals surface area contributed by atoms with Gasteiger partial charge in [-0.1, -0.05) is 30.3 Å². The minimum Gasteiger partial charge on any atom is -0.331 e. The molecule has 120 valence electrons. The fourth-order valence-electron chi connectivity index (χ4n) is 2.81. The van der Waals surface area contributed by atoms with Crippen molar-refractivity contribution < 1.29 is 13.6 Å². The Hall–Kier alpha value is -2.43. The first-order valence-corrected chi connectivity index (χ1v) is 7.62. The lowest BCUT2D eigenvalue weighted by atomic mass is 10.0. The normalized spacial score (nSPS) is 15.0. The first-order valence-electron chi connectivity index (χ1n) is 7.62. The van der Waals surface area contributed by atoms with Crippen LogP contribution < -0.4 is 5.32 Å². The van der Waals surface area contributed by atoms with Crippen LogP contribution in [0.15, 0.2) is 42.5 Å². The van der Waals surface area contributed by atoms with E-state index in [1.807, 2.05) is 18.2 Å². The van der Waals surface area contributed by atoms with Gasteiger partial charge in [-0.15, -0.1) is 0 Å². The van der Waals surface area contributed by atoms with Crippen molar-refractivity contribution in [2.75, 3.05) is 6.54 Å². The lowest BCUT2D eigenvalue weighted by Crippen LogP contribution is -2.43. The van der Waals surface area contributed by atoms with E-state index in [1.165, 1.54) is 11.6 Å². The Morgan fingerprint density at radius 1 is 1.13 bits per heavy atom. The SMILES string of the molecule is C[C@H](NC(=O)N1CCc2ccccc2C1)c1ccc(F)c(F)c1. The number of fused-ring (bicyclic) bond motifs is 1. The number of urea groups is 1. The summed E-state index contributed by atoms with van der Waals surface area (Å²) in [7, 11) is 0. The van der Waals surface area contributed by atoms with Crippen LogP contribution in [-0.2, 0) is 13.0 Å². The maximum Gasteiger partial charge on any atom is 0.318 e. The number of carbonyl (C=O) groups is 1. The van der Waals surface area contributed by atoms with E-state index >= 15 is 0 Å². The molecule has 3 nitrogen and oxygen atoms in total. The summed E-state index contributed by atoms with van der Waals surface area (Å²) in [5.41, 5.74) is 2.95. The van der Waals surface area contributed by atoms with Crippen molar-refractivity contribution in [1.82, 2.24) is 10.2 Å². The second-order valence-corrected chi connectivity index (χ2v) is 5.78. The largest absolute Gasteiger partial charge is 0.331 e. The number of nitrogens with zero attached hydrogens (tertiary/aromatic N) is 1. The molecule has 0 unspecified atom stereocenters. The number of hydrogen-bond donors (Lipinski definition) is 1. The van der Waals surface area contributed by atoms with Gasteiger partial charge in [0.25, 0.3) is 0 Å². The van der Waals surface area contributed by atoms with E-state index in [4.69, 9.17) is 0 Å². The highest BCUT2D eigenvalue weighted by Gasteiger charge is 2.22. The fraction of sp³-hybridized carbons (Fsp3) is 0.278. The van der Waals surface area contributed by atoms with E-state index in [0.717, 1.165) is 24.1 Å². The molecule has 2 aromatic carbocycles. The van der Waals surface area contributed by atoms with Crippen molar-refractivity contribution in [3.05, 3.63) is 70.8 Å². The third kappa shape index (κ3) is 3.33. The number of rotatable bonds is 2. The van der Waals surface area contributed by atoms with Gasteiger partial charge in [0, 0.05) is 13.1 Å². The topological polar surface area (TPSA) is 32.3 Å². The Morgan fingerprint density at radius 3 is 2.61 bits per heavy atom. The van der Waals surface area contributed by atoms with Crippen LogP contribution >= 0.6 is 0 Å². The molecule has 23 heavy (non-hydrogen) atoms. The quantitative estimate of drug-likeness (QED) is 0.898. The van der Waals surface area contributed by atoms with Gasteiger partial charge in [0.1, 0.15) is 0 Å². The Bertz CT molecular complexity index is 733. The van der Waals surface area contributed by atoms with Gasteiger partial charge in [-0.25, -0.2) is 13.6 Å². The number of benzene rings is 2. The van der Waals surface area contributed by atoms with E-state index in [9.17, 15) is 13.6 Å². The van der Waals surface area contributed by atoms with Crippen molar-refractivity contribution in [3.63, 3.8) is 0 Å². The third-order valence-electron chi connectivity index (χ3n) is 4.20. The van der Waals surface area contributed by atoms with Crippen molar-refractivity contribution in [1.29, 1.82) is 0 Å². The molecule has 0 aromatic heterocycles. The van der Waals surface area contributed by atoms with E-state index in [0.29, 0.717) is 18.7 Å². The Balaban J connectivity index is 1.66. The molecule has 5 heteroatoms. The van der Waals surface area contributed by atoms with Crippen LogP contribution in [0, 0.1) is 11.6 Å². The zero-order valence-electron chi connectivity index (χ0n) is 12.9. The van der Waals surface area contributed by atoms with Gasteiger partial charge in [0.15, 0.2) is 11.6 Å². The van der Waals surface area contributed by atoms with Crippen LogP contribution in [0.2, 0.25) is 0 Å². The Morgan fingerprint density at radius 2 is 1.87 bits per heavy atom. The van der Waals surface area contributed by atoms with Gasteiger partial charge < -0.3 is 10.2 Å². The van der Waals surface area contributed by atoms with Crippen LogP contribution in [0.3, 0.4) is 0 Å². The molecule has 0 saturated heterocycles. The first kappa shape index (κ1) is 15.5. The van der Waals surface area contributed by atoms with Gasteiger partial charge in [-0.3, -0.25) is 0 Å². The lowest BCUT2D eigenvalue weighted by Gasteiger charge is -2.30. The summed E-state index contributed by atoms with van der Waals surface area (Å²) in [6.07, 6.45) is 0.823. The monoisotopic (exact) mass is 316 g/mol. The molecule has 1 aliphatic heterocycles. The minimum atomic E-state index is -0.907. The molecule has 1 N–H and O–H groups in total. The predicted molar refractivity (Wildman–Crippen MR) is 83.9 cm³/mol. The van der Waals surface area contributed by atoms with Gasteiger partial charge in [0.05, 0.1) is 6.04 Å². The second kappa shape index (κ2) is 6.36. The van der Waals surface area contributed by atoms with Crippen molar-refractivity contribution in [3.8, 4) is 0 Å². The zero-order chi connectivity index (χ0) is 16.4. The van der Waals surface area contributed by atoms with Crippen molar-refractivity contribution in [2.24, 2.45) is 0 Å². The van der Waals surface area contributed by atoms with Gasteiger partial charge in [0.2, 0.25) is 0 Å². The van der Waals surface area contributed by atoms with Gasteiger partial charge >= 0.3 is 6.03 Å². The fourth-order valence-corrected chi connectivity index (χ4v) is 2.81. The summed E-state index contributed by atoms with van der Waals surface area (Å²) in [5.74, 6) is -1.80. The lowest BCUT2D eigenvalue weighted by molar-refractivity contribution is 0.189. The van der Waals surface area contributed by atoms with E-state index in [-0.39, 0.29) is 6.03 Å². The predicted octanol–water partition coefficient (Wildman–Crippen LogP) is 3.79. The van der Waals surface area contributed by atoms with E-state index in [2.05, 4.69) is 11.4 Å². The average Bonchev–Trinajstić information content (AvgIpc) is 2.56. The highest BCUT2D eigenvalue weighted by Crippen LogP contribution is 2.20. The number of nitrogens with one attached hydrogen (secondary N) is 1. The van der Waals surface area contributed by atoms with Gasteiger partial charge in [-0.05, 0) is 42.2 Å². The molecule has 0 aliphatic carbocycles. The first-order chi connectivity index (χ1) is 11.0. The smallest absolute Gasteiger partial charge is 0.318 e. The highest BCUT2D eigenvalue weighted by molar-refractivity contribution is 5.75. The molecule has 1 aliphatic rings. The number of carbonyl (C=O) groups excluding carboxylic acids is 1. The molecular formula is C18H18F2N2O. The summed E-state index contributed by atoms with van der Waals surface area (Å²) in [6.45, 7) is 2.96. The van der Waals surface area contributed by atoms with Crippen LogP contribution in [0.25, 0.3) is 0 Å². The summed E-state index contributed by atoms with van der Waals surface area (Å²) < 4.78 is 26.3. The van der Waals surface area contributed by atoms with Crippen LogP contribution in [0.5, 0.6) is 0 Å². The number of hydrogen-bond acceptors (Lipinski definition) is 1. The molecule has 0 fully saturated rings. The minimum absolute atomic E-state index is 0.197. The second-order valence-electron chi connectivity index (χ2n) is 5.78. The molecule has 0 bridgehead atoms. The molecule has 2 amide bonds. The zero-order valence-corrected chi connectivity index (χ0v) is 12.9. The standard InChI is InChI=1S/C18H18F2N2O/c1-12(14-6-7-16(19)17(20)10-14)21-18(23)22-9-8-13-4-2-3-5-15(13)11-22/h2-7,10,12H,8-9,11H2,1H3,(H,21,23)/t12-/m0/s1. The molecule has 1 atom stereocenters. The molecule has 0 saturated carbocycles. The summed E-state index contributed by atoms with van der Waals surface area (Å²) >= 11 is 0. The summed E-state index contributed by atoms with van der Waals surface area (Å²) in [4.78, 5) is 14.1. The molecule has 3 rings (SSSR count). The number of amides is 2. The van der Waals surface area contributed by atoms with Crippen molar-refractivity contribution >= 4 is 6.03 Å². The third-order valence-corrected chi connectivity index (χ3v) is 4.20.